The quantitative estimate of drug-likeness (QED) is 0.258. The molecule has 0 N–H and O–H groups in total. The van der Waals surface area contributed by atoms with Crippen LogP contribution >= 0.6 is 37.2 Å². The van der Waals surface area contributed by atoms with E-state index in [9.17, 15) is 0 Å². The van der Waals surface area contributed by atoms with Gasteiger partial charge in [0, 0.05) is 25.8 Å². The van der Waals surface area contributed by atoms with Gasteiger partial charge in [0.25, 0.3) is 0 Å². The first-order valence-electron chi connectivity index (χ1n) is 0.286. The third kappa shape index (κ3) is 8.91. The molecule has 0 saturated heterocycles. The van der Waals surface area contributed by atoms with Gasteiger partial charge in [-0.25, -0.2) is 0 Å². The minimum absolute atomic E-state index is 0. The van der Waals surface area contributed by atoms with Gasteiger partial charge in [-0.1, -0.05) is 0 Å². The maximum absolute atomic E-state index is 2.39. The van der Waals surface area contributed by atoms with Gasteiger partial charge in [-0.05, 0) is 0 Å². The van der Waals surface area contributed by atoms with Crippen LogP contribution in [0.3, 0.4) is 0 Å². The Morgan fingerprint density at radius 1 is 1.25 bits per heavy atom. The van der Waals surface area contributed by atoms with Crippen molar-refractivity contribution in [2.75, 3.05) is 0 Å². The molecule has 0 aliphatic heterocycles. The number of hydrogen-bond acceptors (Lipinski definition) is 0. The standard InChI is InChI=1S/Hf.I3/c;1-3-2/q;-1. The molecule has 0 unspecified atom stereocenters. The molecule has 0 radical (unpaired) electrons. The number of rotatable bonds is 0. The maximum atomic E-state index is 2.39. The van der Waals surface area contributed by atoms with Crippen molar-refractivity contribution in [2.24, 2.45) is 0 Å². The van der Waals surface area contributed by atoms with E-state index in [1.165, 1.54) is 0 Å². The van der Waals surface area contributed by atoms with Crippen LogP contribution in [0.4, 0.5) is 0 Å². The first kappa shape index (κ1) is 10.1. The van der Waals surface area contributed by atoms with E-state index in [-0.39, 0.29) is 25.8 Å². The molecule has 0 aromatic carbocycles. The van der Waals surface area contributed by atoms with Crippen molar-refractivity contribution < 1.29 is 39.1 Å². The summed E-state index contributed by atoms with van der Waals surface area (Å²) >= 11 is 5.30. The van der Waals surface area contributed by atoms with Crippen LogP contribution in [-0.4, -0.2) is 0 Å². The predicted molar refractivity (Wildman–Crippen MR) is 28.0 cm³/mol. The molecule has 0 amide bonds. The van der Waals surface area contributed by atoms with E-state index in [0.717, 1.165) is 0 Å². The van der Waals surface area contributed by atoms with Crippen molar-refractivity contribution in [3.8, 4) is 0 Å². The van der Waals surface area contributed by atoms with Crippen LogP contribution in [0.2, 0.25) is 0 Å². The summed E-state index contributed by atoms with van der Waals surface area (Å²) < 4.78 is 0. The van der Waals surface area contributed by atoms with Crippen molar-refractivity contribution in [2.45, 2.75) is 0 Å². The first-order chi connectivity index (χ1) is 1.41. The average Bonchev–Trinajstić information content (AvgIpc) is 0.918. The summed E-state index contributed by atoms with van der Waals surface area (Å²) in [6, 6.07) is 0. The minimum atomic E-state index is 0. The minimum Gasteiger partial charge on any atom is 0 e. The molecule has 0 aliphatic carbocycles. The van der Waals surface area contributed by atoms with Gasteiger partial charge in [-0.2, -0.15) is 0 Å². The summed E-state index contributed by atoms with van der Waals surface area (Å²) in [7, 11) is 0. The Morgan fingerprint density at radius 3 is 1.25 bits per heavy atom. The van der Waals surface area contributed by atoms with Gasteiger partial charge in [0.1, 0.15) is 0 Å². The van der Waals surface area contributed by atoms with Crippen molar-refractivity contribution in [1.29, 1.82) is 0 Å². The number of hydrogen-bond donors (Lipinski definition) is 0. The van der Waals surface area contributed by atoms with E-state index in [2.05, 4.69) is 37.2 Å². The Morgan fingerprint density at radius 2 is 1.25 bits per heavy atom. The fraction of sp³-hybridized carbons (Fsp3) is 0. The zero-order valence-electron chi connectivity index (χ0n) is 1.63. The second-order valence-corrected chi connectivity index (χ2v) is 16.3. The van der Waals surface area contributed by atoms with E-state index < -0.39 is 0 Å². The number of halogens is 3. The molecular formula is HfI3-. The van der Waals surface area contributed by atoms with Crippen molar-refractivity contribution >= 4 is 37.2 Å². The van der Waals surface area contributed by atoms with E-state index >= 15 is 0 Å². The molecule has 0 aromatic rings. The molecular weight excluding hydrogens is 559 g/mol. The van der Waals surface area contributed by atoms with Crippen LogP contribution in [0.5, 0.6) is 0 Å². The molecule has 0 heterocycles. The summed E-state index contributed by atoms with van der Waals surface area (Å²) in [5.74, 6) is 0. The van der Waals surface area contributed by atoms with Gasteiger partial charge in [0.15, 0.2) is 0 Å². The second kappa shape index (κ2) is 9.41. The summed E-state index contributed by atoms with van der Waals surface area (Å²) in [6.45, 7) is 0. The summed E-state index contributed by atoms with van der Waals surface area (Å²) in [5, 5.41) is 0. The van der Waals surface area contributed by atoms with E-state index in [1.54, 1.807) is 0 Å². The topological polar surface area (TPSA) is 0 Å². The Hall–Kier alpha value is 3.06. The Labute approximate surface area is 74.3 Å². The molecule has 0 saturated carbocycles. The average molecular weight is 559 g/mol. The molecule has 0 atom stereocenters. The van der Waals surface area contributed by atoms with Crippen LogP contribution in [0.25, 0.3) is 0 Å². The van der Waals surface area contributed by atoms with Gasteiger partial charge in [-0.3, -0.25) is 0 Å². The third-order valence-corrected chi connectivity index (χ3v) is 0. The Balaban J connectivity index is 0. The van der Waals surface area contributed by atoms with Gasteiger partial charge >= 0.3 is 50.5 Å². The SMILES string of the molecule is I[I-]I.[Hf]. The van der Waals surface area contributed by atoms with E-state index in [0.29, 0.717) is 13.3 Å². The first-order valence-corrected chi connectivity index (χ1v) is 12.9. The molecule has 0 nitrogen and oxygen atoms in total. The second-order valence-electron chi connectivity index (χ2n) is 0.0540. The molecule has 26 valence electrons. The van der Waals surface area contributed by atoms with Crippen LogP contribution < -0.4 is 13.3 Å². The van der Waals surface area contributed by atoms with Crippen LogP contribution in [-0.2, 0) is 25.8 Å². The van der Waals surface area contributed by atoms with E-state index in [1.807, 2.05) is 0 Å². The molecule has 0 fully saturated rings. The van der Waals surface area contributed by atoms with Crippen molar-refractivity contribution in [3.63, 3.8) is 0 Å². The largest absolute Gasteiger partial charge is 0 e. The summed E-state index contributed by atoms with van der Waals surface area (Å²) in [6.07, 6.45) is 0. The fourth-order valence-electron chi connectivity index (χ4n) is 0. The monoisotopic (exact) mass is 561 g/mol. The van der Waals surface area contributed by atoms with Gasteiger partial charge < -0.3 is 0 Å². The molecule has 0 spiro atoms. The molecule has 0 aliphatic rings. The predicted octanol–water partition coefficient (Wildman–Crippen LogP) is -1.23. The van der Waals surface area contributed by atoms with Crippen LogP contribution in [0.15, 0.2) is 0 Å². The molecule has 0 aromatic heterocycles. The molecule has 4 heavy (non-hydrogen) atoms. The van der Waals surface area contributed by atoms with Gasteiger partial charge in [0.2, 0.25) is 0 Å². The van der Waals surface area contributed by atoms with Crippen LogP contribution in [0.1, 0.15) is 0 Å². The molecule has 0 bridgehead atoms. The smallest absolute Gasteiger partial charge is 0 e. The third-order valence-electron chi connectivity index (χ3n) is 0. The van der Waals surface area contributed by atoms with Gasteiger partial charge in [0.05, 0.1) is 0 Å². The molecule has 0 rings (SSSR count). The van der Waals surface area contributed by atoms with Crippen LogP contribution in [0, 0.1) is 0 Å². The van der Waals surface area contributed by atoms with E-state index in [4.69, 9.17) is 0 Å². The van der Waals surface area contributed by atoms with Crippen molar-refractivity contribution in [3.05, 3.63) is 0 Å². The summed E-state index contributed by atoms with van der Waals surface area (Å²) in [5.41, 5.74) is 0. The fourth-order valence-corrected chi connectivity index (χ4v) is 0. The van der Waals surface area contributed by atoms with Crippen molar-refractivity contribution in [1.82, 2.24) is 0 Å². The maximum Gasteiger partial charge on any atom is 0 e. The van der Waals surface area contributed by atoms with Gasteiger partial charge in [-0.15, -0.1) is 0 Å². The molecule has 4 heteroatoms. The summed E-state index contributed by atoms with van der Waals surface area (Å²) in [4.78, 5) is 0. The Kier molecular flexibility index (Phi) is 23.8. The Bertz CT molecular complexity index is 3.25. The zero-order chi connectivity index (χ0) is 2.71. The normalized spacial score (nSPS) is 5.50. The zero-order valence-corrected chi connectivity index (χ0v) is 11.7.